The van der Waals surface area contributed by atoms with E-state index in [-0.39, 0.29) is 24.8 Å². The molecular weight excluding hydrogens is 169 g/mol. The third-order valence-corrected chi connectivity index (χ3v) is 1.45. The summed E-state index contributed by atoms with van der Waals surface area (Å²) in [6.07, 6.45) is 4.88. The van der Waals surface area contributed by atoms with Gasteiger partial charge in [0.2, 0.25) is 0 Å². The van der Waals surface area contributed by atoms with E-state index in [1.54, 1.807) is 0 Å². The Morgan fingerprint density at radius 2 is 1.70 bits per heavy atom. The molecule has 1 atom stereocenters. The first kappa shape index (κ1) is 16.9. The molecule has 0 rings (SSSR count). The highest BCUT2D eigenvalue weighted by molar-refractivity contribution is 5.85. The molecule has 0 aromatic heterocycles. The van der Waals surface area contributed by atoms with Gasteiger partial charge in [-0.2, -0.15) is 0 Å². The van der Waals surface area contributed by atoms with E-state index < -0.39 is 0 Å². The molecular formula is C7H19Cl2N. The zero-order chi connectivity index (χ0) is 6.41. The van der Waals surface area contributed by atoms with Crippen molar-refractivity contribution in [3.63, 3.8) is 0 Å². The lowest BCUT2D eigenvalue weighted by Gasteiger charge is -2.04. The summed E-state index contributed by atoms with van der Waals surface area (Å²) in [6.45, 7) is 4.34. The summed E-state index contributed by atoms with van der Waals surface area (Å²) in [5.74, 6) is 0. The molecule has 1 nitrogen and oxygen atoms in total. The van der Waals surface area contributed by atoms with E-state index in [0.717, 1.165) is 6.42 Å². The highest BCUT2D eigenvalue weighted by Gasteiger charge is 1.94. The molecule has 0 aliphatic rings. The van der Waals surface area contributed by atoms with Crippen LogP contribution < -0.4 is 5.73 Å². The molecule has 3 heteroatoms. The summed E-state index contributed by atoms with van der Waals surface area (Å²) in [5.41, 5.74) is 5.66. The van der Waals surface area contributed by atoms with Gasteiger partial charge < -0.3 is 5.73 Å². The Bertz CT molecular complexity index is 50.9. The lowest BCUT2D eigenvalue weighted by molar-refractivity contribution is 0.562. The van der Waals surface area contributed by atoms with Crippen molar-refractivity contribution in [2.75, 3.05) is 0 Å². The Labute approximate surface area is 76.6 Å². The summed E-state index contributed by atoms with van der Waals surface area (Å²) in [5, 5.41) is 0. The lowest BCUT2D eigenvalue weighted by atomic mass is 10.1. The fourth-order valence-electron chi connectivity index (χ4n) is 0.670. The zero-order valence-electron chi connectivity index (χ0n) is 6.80. The number of hydrogen-bond acceptors (Lipinski definition) is 1. The number of nitrogens with two attached hydrogens (primary N) is 1. The summed E-state index contributed by atoms with van der Waals surface area (Å²) in [6, 6.07) is 0.454. The van der Waals surface area contributed by atoms with Crippen LogP contribution in [0.1, 0.15) is 39.5 Å². The highest BCUT2D eigenvalue weighted by Crippen LogP contribution is 1.99. The van der Waals surface area contributed by atoms with Crippen LogP contribution in [0.4, 0.5) is 0 Å². The Morgan fingerprint density at radius 3 is 2.00 bits per heavy atom. The van der Waals surface area contributed by atoms with Gasteiger partial charge in [-0.3, -0.25) is 0 Å². The minimum absolute atomic E-state index is 0. The fourth-order valence-corrected chi connectivity index (χ4v) is 0.670. The van der Waals surface area contributed by atoms with Gasteiger partial charge >= 0.3 is 0 Å². The molecule has 0 aliphatic carbocycles. The van der Waals surface area contributed by atoms with Crippen LogP contribution in [0.3, 0.4) is 0 Å². The van der Waals surface area contributed by atoms with Gasteiger partial charge in [-0.1, -0.05) is 26.7 Å². The van der Waals surface area contributed by atoms with Crippen molar-refractivity contribution in [1.82, 2.24) is 0 Å². The monoisotopic (exact) mass is 187 g/mol. The van der Waals surface area contributed by atoms with Gasteiger partial charge in [0.05, 0.1) is 0 Å². The van der Waals surface area contributed by atoms with Crippen molar-refractivity contribution in [2.45, 2.75) is 45.6 Å². The predicted octanol–water partition coefficient (Wildman–Crippen LogP) is 2.76. The van der Waals surface area contributed by atoms with Gasteiger partial charge in [0.1, 0.15) is 0 Å². The molecule has 2 N–H and O–H groups in total. The maximum Gasteiger partial charge on any atom is 0.00362 e. The molecule has 0 amide bonds. The van der Waals surface area contributed by atoms with Crippen LogP contribution in [0.5, 0.6) is 0 Å². The van der Waals surface area contributed by atoms with Crippen LogP contribution in [0.15, 0.2) is 0 Å². The third-order valence-electron chi connectivity index (χ3n) is 1.45. The molecule has 0 aliphatic heterocycles. The molecule has 0 saturated heterocycles. The van der Waals surface area contributed by atoms with Crippen LogP contribution in [0.2, 0.25) is 0 Å². The Hall–Kier alpha value is 0.540. The van der Waals surface area contributed by atoms with Crippen molar-refractivity contribution >= 4 is 24.8 Å². The molecule has 0 radical (unpaired) electrons. The molecule has 0 aromatic carbocycles. The second-order valence-corrected chi connectivity index (χ2v) is 2.31. The van der Waals surface area contributed by atoms with Crippen molar-refractivity contribution in [2.24, 2.45) is 5.73 Å². The van der Waals surface area contributed by atoms with Crippen LogP contribution in [0, 0.1) is 0 Å². The Kier molecular flexibility index (Phi) is 20.6. The van der Waals surface area contributed by atoms with Gasteiger partial charge in [-0.25, -0.2) is 0 Å². The molecule has 0 saturated carbocycles. The van der Waals surface area contributed by atoms with E-state index in [1.165, 1.54) is 19.3 Å². The van der Waals surface area contributed by atoms with Gasteiger partial charge in [-0.15, -0.1) is 24.8 Å². The quantitative estimate of drug-likeness (QED) is 0.721. The van der Waals surface area contributed by atoms with E-state index in [9.17, 15) is 0 Å². The molecule has 0 fully saturated rings. The smallest absolute Gasteiger partial charge is 0.00362 e. The maximum atomic E-state index is 5.66. The fraction of sp³-hybridized carbons (Fsp3) is 1.00. The second-order valence-electron chi connectivity index (χ2n) is 2.31. The molecule has 0 bridgehead atoms. The van der Waals surface area contributed by atoms with Crippen molar-refractivity contribution in [1.29, 1.82) is 0 Å². The molecule has 0 heterocycles. The summed E-state index contributed by atoms with van der Waals surface area (Å²) in [4.78, 5) is 0. The zero-order valence-corrected chi connectivity index (χ0v) is 8.43. The number of rotatable bonds is 4. The second kappa shape index (κ2) is 12.2. The summed E-state index contributed by atoms with van der Waals surface area (Å²) >= 11 is 0. The van der Waals surface area contributed by atoms with Gasteiger partial charge in [0.15, 0.2) is 0 Å². The normalized spacial score (nSPS) is 11.1. The molecule has 0 spiro atoms. The summed E-state index contributed by atoms with van der Waals surface area (Å²) in [7, 11) is 0. The average Bonchev–Trinajstić information content (AvgIpc) is 1.83. The Balaban J connectivity index is -0.000000245. The highest BCUT2D eigenvalue weighted by atomic mass is 35.5. The minimum atomic E-state index is 0. The predicted molar refractivity (Wildman–Crippen MR) is 52.3 cm³/mol. The Morgan fingerprint density at radius 1 is 1.20 bits per heavy atom. The average molecular weight is 188 g/mol. The van der Waals surface area contributed by atoms with Crippen LogP contribution in [0.25, 0.3) is 0 Å². The van der Waals surface area contributed by atoms with Crippen molar-refractivity contribution < 1.29 is 0 Å². The molecule has 0 aromatic rings. The van der Waals surface area contributed by atoms with Crippen LogP contribution in [-0.4, -0.2) is 6.04 Å². The molecule has 1 unspecified atom stereocenters. The van der Waals surface area contributed by atoms with E-state index >= 15 is 0 Å². The van der Waals surface area contributed by atoms with Crippen molar-refractivity contribution in [3.8, 4) is 0 Å². The minimum Gasteiger partial charge on any atom is -0.328 e. The first-order valence-corrected chi connectivity index (χ1v) is 3.56. The van der Waals surface area contributed by atoms with Gasteiger partial charge in [0.25, 0.3) is 0 Å². The van der Waals surface area contributed by atoms with Crippen LogP contribution >= 0.6 is 24.8 Å². The van der Waals surface area contributed by atoms with E-state index in [0.29, 0.717) is 6.04 Å². The topological polar surface area (TPSA) is 26.0 Å². The van der Waals surface area contributed by atoms with Gasteiger partial charge in [0, 0.05) is 6.04 Å². The molecule has 66 valence electrons. The standard InChI is InChI=1S/C7H17N.2ClH/c1-3-5-6-7(8)4-2;;/h7H,3-6,8H2,1-2H3;2*1H. The van der Waals surface area contributed by atoms with E-state index in [2.05, 4.69) is 13.8 Å². The number of halogens is 2. The van der Waals surface area contributed by atoms with Crippen molar-refractivity contribution in [3.05, 3.63) is 0 Å². The van der Waals surface area contributed by atoms with Gasteiger partial charge in [-0.05, 0) is 12.8 Å². The summed E-state index contributed by atoms with van der Waals surface area (Å²) < 4.78 is 0. The molecule has 10 heavy (non-hydrogen) atoms. The first-order chi connectivity index (χ1) is 3.81. The van der Waals surface area contributed by atoms with Crippen LogP contribution in [-0.2, 0) is 0 Å². The van der Waals surface area contributed by atoms with E-state index in [4.69, 9.17) is 5.73 Å². The lowest BCUT2D eigenvalue weighted by Crippen LogP contribution is -2.17. The van der Waals surface area contributed by atoms with E-state index in [1.807, 2.05) is 0 Å². The SMILES string of the molecule is CCCCC(N)CC.Cl.Cl. The third kappa shape index (κ3) is 11.4. The number of unbranched alkanes of at least 4 members (excludes halogenated alkanes) is 1. The first-order valence-electron chi connectivity index (χ1n) is 3.56. The number of hydrogen-bond donors (Lipinski definition) is 1. The largest absolute Gasteiger partial charge is 0.328 e. The maximum absolute atomic E-state index is 5.66.